The average molecular weight is 295 g/mol. The topological polar surface area (TPSA) is 58.4 Å². The maximum Gasteiger partial charge on any atom is 0.241 e. The van der Waals surface area contributed by atoms with E-state index in [1.54, 1.807) is 12.1 Å². The second-order valence-electron chi connectivity index (χ2n) is 5.09. The summed E-state index contributed by atoms with van der Waals surface area (Å²) in [5.41, 5.74) is 7.10. The summed E-state index contributed by atoms with van der Waals surface area (Å²) in [6.07, 6.45) is 3.18. The monoisotopic (exact) mass is 295 g/mol. The zero-order valence-electron chi connectivity index (χ0n) is 12.7. The maximum atomic E-state index is 12.2. The van der Waals surface area contributed by atoms with Crippen molar-refractivity contribution in [2.45, 2.75) is 32.4 Å². The van der Waals surface area contributed by atoms with E-state index in [1.807, 2.05) is 37.9 Å². The van der Waals surface area contributed by atoms with E-state index in [0.29, 0.717) is 11.7 Å². The highest BCUT2D eigenvalue weighted by atomic mass is 32.2. The smallest absolute Gasteiger partial charge is 0.241 e. The van der Waals surface area contributed by atoms with Crippen molar-refractivity contribution < 1.29 is 4.79 Å². The van der Waals surface area contributed by atoms with Crippen LogP contribution in [0, 0.1) is 0 Å². The number of amides is 1. The van der Waals surface area contributed by atoms with E-state index in [4.69, 9.17) is 5.73 Å². The largest absolute Gasteiger partial charge is 0.399 e. The molecule has 0 aliphatic rings. The van der Waals surface area contributed by atoms with Crippen molar-refractivity contribution >= 4 is 29.0 Å². The van der Waals surface area contributed by atoms with Crippen LogP contribution in [0.5, 0.6) is 0 Å². The van der Waals surface area contributed by atoms with Crippen molar-refractivity contribution in [3.63, 3.8) is 0 Å². The number of nitrogen functional groups attached to an aromatic ring is 1. The van der Waals surface area contributed by atoms with Crippen LogP contribution in [0.15, 0.2) is 24.3 Å². The molecule has 2 unspecified atom stereocenters. The third-order valence-corrected chi connectivity index (χ3v) is 4.22. The van der Waals surface area contributed by atoms with E-state index in [-0.39, 0.29) is 11.9 Å². The van der Waals surface area contributed by atoms with Gasteiger partial charge in [-0.05, 0) is 57.5 Å². The van der Waals surface area contributed by atoms with E-state index >= 15 is 0 Å². The number of benzene rings is 1. The number of nitrogens with two attached hydrogens (primary N) is 1. The van der Waals surface area contributed by atoms with Gasteiger partial charge in [0.05, 0.1) is 6.04 Å². The number of carbonyl (C=O) groups is 1. The van der Waals surface area contributed by atoms with Gasteiger partial charge in [-0.3, -0.25) is 9.69 Å². The molecule has 0 aliphatic heterocycles. The lowest BCUT2D eigenvalue weighted by Crippen LogP contribution is -2.44. The molecule has 1 rings (SSSR count). The Morgan fingerprint density at radius 1 is 1.45 bits per heavy atom. The molecule has 0 saturated heterocycles. The summed E-state index contributed by atoms with van der Waals surface area (Å²) < 4.78 is 0. The molecular weight excluding hydrogens is 270 g/mol. The lowest BCUT2D eigenvalue weighted by molar-refractivity contribution is -0.120. The van der Waals surface area contributed by atoms with Gasteiger partial charge in [-0.15, -0.1) is 0 Å². The Balaban J connectivity index is 2.57. The Morgan fingerprint density at radius 2 is 2.15 bits per heavy atom. The summed E-state index contributed by atoms with van der Waals surface area (Å²) >= 11 is 1.83. The van der Waals surface area contributed by atoms with Gasteiger partial charge in [0, 0.05) is 17.4 Å². The quantitative estimate of drug-likeness (QED) is 0.759. The summed E-state index contributed by atoms with van der Waals surface area (Å²) in [5.74, 6) is 1.10. The van der Waals surface area contributed by atoms with E-state index in [0.717, 1.165) is 17.9 Å². The van der Waals surface area contributed by atoms with Gasteiger partial charge in [-0.25, -0.2) is 0 Å². The fourth-order valence-electron chi connectivity index (χ4n) is 1.92. The highest BCUT2D eigenvalue weighted by molar-refractivity contribution is 7.98. The number of nitrogens with one attached hydrogen (secondary N) is 1. The fourth-order valence-corrected chi connectivity index (χ4v) is 2.50. The van der Waals surface area contributed by atoms with E-state index in [9.17, 15) is 4.79 Å². The zero-order valence-corrected chi connectivity index (χ0v) is 13.5. The molecule has 5 heteroatoms. The van der Waals surface area contributed by atoms with Crippen LogP contribution < -0.4 is 11.1 Å². The molecule has 0 radical (unpaired) electrons. The number of nitrogens with zero attached hydrogens (tertiary/aromatic N) is 1. The molecule has 2 atom stereocenters. The predicted molar refractivity (Wildman–Crippen MR) is 89.2 cm³/mol. The minimum atomic E-state index is -0.173. The molecule has 0 heterocycles. The molecule has 1 aromatic carbocycles. The fraction of sp³-hybridized carbons (Fsp3) is 0.533. The lowest BCUT2D eigenvalue weighted by Gasteiger charge is -2.29. The molecule has 0 bridgehead atoms. The second kappa shape index (κ2) is 8.17. The minimum absolute atomic E-state index is 0.00546. The Kier molecular flexibility index (Phi) is 6.88. The summed E-state index contributed by atoms with van der Waals surface area (Å²) in [6, 6.07) is 7.45. The number of hydrogen-bond donors (Lipinski definition) is 2. The van der Waals surface area contributed by atoms with E-state index < -0.39 is 0 Å². The Bertz CT molecular complexity index is 439. The highest BCUT2D eigenvalue weighted by Crippen LogP contribution is 2.14. The number of likely N-dealkylation sites (N-methyl/N-ethyl adjacent to an activating group) is 1. The summed E-state index contributed by atoms with van der Waals surface area (Å²) in [4.78, 5) is 14.4. The number of hydrogen-bond acceptors (Lipinski definition) is 4. The minimum Gasteiger partial charge on any atom is -0.399 e. The summed E-state index contributed by atoms with van der Waals surface area (Å²) in [6.45, 7) is 4.08. The van der Waals surface area contributed by atoms with Crippen LogP contribution in [0.4, 0.5) is 11.4 Å². The zero-order chi connectivity index (χ0) is 15.1. The molecule has 3 N–H and O–H groups in total. The molecule has 0 fully saturated rings. The van der Waals surface area contributed by atoms with Crippen LogP contribution in [0.25, 0.3) is 0 Å². The van der Waals surface area contributed by atoms with Crippen LogP contribution in [0.1, 0.15) is 20.3 Å². The van der Waals surface area contributed by atoms with Crippen LogP contribution in [-0.4, -0.2) is 41.9 Å². The van der Waals surface area contributed by atoms with Gasteiger partial charge < -0.3 is 11.1 Å². The van der Waals surface area contributed by atoms with Crippen LogP contribution in [-0.2, 0) is 4.79 Å². The van der Waals surface area contributed by atoms with Gasteiger partial charge in [0.1, 0.15) is 0 Å². The maximum absolute atomic E-state index is 12.2. The molecule has 0 aromatic heterocycles. The van der Waals surface area contributed by atoms with Crippen molar-refractivity contribution in [3.05, 3.63) is 24.3 Å². The first kappa shape index (κ1) is 16.9. The molecule has 20 heavy (non-hydrogen) atoms. The van der Waals surface area contributed by atoms with Crippen molar-refractivity contribution in [2.24, 2.45) is 0 Å². The molecule has 1 amide bonds. The molecule has 1 aromatic rings. The second-order valence-corrected chi connectivity index (χ2v) is 6.07. The van der Waals surface area contributed by atoms with Gasteiger partial charge in [0.25, 0.3) is 0 Å². The predicted octanol–water partition coefficient (Wildman–Crippen LogP) is 2.67. The molecule has 112 valence electrons. The number of carbonyl (C=O) groups excluding carboxylic acids is 1. The summed E-state index contributed by atoms with van der Waals surface area (Å²) in [7, 11) is 1.99. The first-order valence-electron chi connectivity index (χ1n) is 6.83. The van der Waals surface area contributed by atoms with Gasteiger partial charge in [-0.1, -0.05) is 6.07 Å². The van der Waals surface area contributed by atoms with Gasteiger partial charge >= 0.3 is 0 Å². The molecule has 0 saturated carbocycles. The number of rotatable bonds is 7. The average Bonchev–Trinajstić information content (AvgIpc) is 2.43. The van der Waals surface area contributed by atoms with E-state index in [2.05, 4.69) is 23.4 Å². The third kappa shape index (κ3) is 5.06. The van der Waals surface area contributed by atoms with E-state index in [1.165, 1.54) is 0 Å². The molecular formula is C15H25N3OS. The Labute approximate surface area is 126 Å². The van der Waals surface area contributed by atoms with Crippen molar-refractivity contribution in [1.29, 1.82) is 0 Å². The SMILES string of the molecule is CSCCC(C)N(C)C(C)C(=O)Nc1cccc(N)c1. The lowest BCUT2D eigenvalue weighted by atomic mass is 10.1. The molecule has 0 aliphatic carbocycles. The normalized spacial score (nSPS) is 14.1. The van der Waals surface area contributed by atoms with Crippen molar-refractivity contribution in [1.82, 2.24) is 4.90 Å². The summed E-state index contributed by atoms with van der Waals surface area (Å²) in [5, 5.41) is 2.91. The first-order chi connectivity index (χ1) is 9.45. The molecule has 0 spiro atoms. The number of anilines is 2. The van der Waals surface area contributed by atoms with Crippen LogP contribution >= 0.6 is 11.8 Å². The van der Waals surface area contributed by atoms with Crippen molar-refractivity contribution in [2.75, 3.05) is 30.1 Å². The Hall–Kier alpha value is -1.20. The van der Waals surface area contributed by atoms with Gasteiger partial charge in [0.2, 0.25) is 5.91 Å². The third-order valence-electron chi connectivity index (χ3n) is 3.58. The van der Waals surface area contributed by atoms with Crippen LogP contribution in [0.3, 0.4) is 0 Å². The highest BCUT2D eigenvalue weighted by Gasteiger charge is 2.22. The Morgan fingerprint density at radius 3 is 2.75 bits per heavy atom. The van der Waals surface area contributed by atoms with Crippen molar-refractivity contribution in [3.8, 4) is 0 Å². The molecule has 4 nitrogen and oxygen atoms in total. The van der Waals surface area contributed by atoms with Gasteiger partial charge in [0.15, 0.2) is 0 Å². The van der Waals surface area contributed by atoms with Crippen LogP contribution in [0.2, 0.25) is 0 Å². The van der Waals surface area contributed by atoms with Gasteiger partial charge in [-0.2, -0.15) is 11.8 Å². The standard InChI is InChI=1S/C15H25N3OS/c1-11(8-9-20-4)18(3)12(2)15(19)17-14-7-5-6-13(16)10-14/h5-7,10-12H,8-9,16H2,1-4H3,(H,17,19). The number of thioether (sulfide) groups is 1. The first-order valence-corrected chi connectivity index (χ1v) is 8.22.